The van der Waals surface area contributed by atoms with Crippen LogP contribution in [0.15, 0.2) is 18.2 Å². The van der Waals surface area contributed by atoms with Crippen molar-refractivity contribution in [3.63, 3.8) is 0 Å². The van der Waals surface area contributed by atoms with E-state index in [4.69, 9.17) is 4.43 Å². The molecule has 0 heterocycles. The van der Waals surface area contributed by atoms with E-state index in [1.54, 1.807) is 0 Å². The minimum absolute atomic E-state index is 0.0495. The fourth-order valence-electron chi connectivity index (χ4n) is 2.34. The molecule has 23 heavy (non-hydrogen) atoms. The third-order valence-corrected chi connectivity index (χ3v) is 6.05. The van der Waals surface area contributed by atoms with E-state index >= 15 is 0 Å². The number of benzene rings is 1. The van der Waals surface area contributed by atoms with Crippen LogP contribution in [0.5, 0.6) is 0 Å². The quantitative estimate of drug-likeness (QED) is 0.454. The van der Waals surface area contributed by atoms with Gasteiger partial charge in [0, 0.05) is 6.61 Å². The molecule has 8 heteroatoms. The normalized spacial score (nSPS) is 13.4. The number of aryl methyl sites for hydroxylation is 1. The molecule has 0 bridgehead atoms. The number of hydrogen-bond donors (Lipinski definition) is 0. The van der Waals surface area contributed by atoms with Crippen LogP contribution in [0, 0.1) is 0 Å². The zero-order chi connectivity index (χ0) is 17.9. The standard InChI is InChI=1S/C15H20F6OSi/c1-4-22-23(2,3)7-5-6-11-8-12(14(16,17)18)10-13(9-11)15(19,20)21/h8-10H,4-7H2,1-3H3. The maximum Gasteiger partial charge on any atom is 0.416 e. The van der Waals surface area contributed by atoms with Crippen LogP contribution in [0.2, 0.25) is 19.1 Å². The number of alkyl halides is 6. The molecule has 0 saturated heterocycles. The fourth-order valence-corrected chi connectivity index (χ4v) is 4.30. The summed E-state index contributed by atoms with van der Waals surface area (Å²) >= 11 is 0. The van der Waals surface area contributed by atoms with E-state index in [0.717, 1.165) is 12.1 Å². The summed E-state index contributed by atoms with van der Waals surface area (Å²) in [6.45, 7) is 6.37. The van der Waals surface area contributed by atoms with Gasteiger partial charge in [0.2, 0.25) is 0 Å². The predicted molar refractivity (Wildman–Crippen MR) is 78.7 cm³/mol. The van der Waals surface area contributed by atoms with Gasteiger partial charge in [0.25, 0.3) is 0 Å². The van der Waals surface area contributed by atoms with Gasteiger partial charge in [-0.3, -0.25) is 0 Å². The second-order valence-corrected chi connectivity index (χ2v) is 10.3. The molecule has 0 saturated carbocycles. The highest BCUT2D eigenvalue weighted by atomic mass is 28.4. The first-order valence-corrected chi connectivity index (χ1v) is 10.4. The molecule has 0 radical (unpaired) electrons. The highest BCUT2D eigenvalue weighted by Crippen LogP contribution is 2.36. The SMILES string of the molecule is CCO[Si](C)(C)CCCc1cc(C(F)(F)F)cc(C(F)(F)F)c1. The van der Waals surface area contributed by atoms with Gasteiger partial charge < -0.3 is 4.43 Å². The lowest BCUT2D eigenvalue weighted by Crippen LogP contribution is -2.30. The number of rotatable bonds is 6. The second-order valence-electron chi connectivity index (χ2n) is 5.96. The summed E-state index contributed by atoms with van der Waals surface area (Å²) in [5.74, 6) is 0. The monoisotopic (exact) mass is 358 g/mol. The Hall–Kier alpha value is -1.02. The van der Waals surface area contributed by atoms with Crippen molar-refractivity contribution < 1.29 is 30.8 Å². The minimum Gasteiger partial charge on any atom is -0.418 e. The summed E-state index contributed by atoms with van der Waals surface area (Å²) < 4.78 is 82.2. The first-order chi connectivity index (χ1) is 10.3. The van der Waals surface area contributed by atoms with E-state index in [1.165, 1.54) is 0 Å². The Morgan fingerprint density at radius 1 is 0.913 bits per heavy atom. The molecule has 132 valence electrons. The van der Waals surface area contributed by atoms with Crippen molar-refractivity contribution in [1.29, 1.82) is 0 Å². The lowest BCUT2D eigenvalue weighted by molar-refractivity contribution is -0.143. The Morgan fingerprint density at radius 2 is 1.39 bits per heavy atom. The van der Waals surface area contributed by atoms with E-state index in [0.29, 0.717) is 19.1 Å². The van der Waals surface area contributed by atoms with Crippen molar-refractivity contribution in [1.82, 2.24) is 0 Å². The van der Waals surface area contributed by atoms with Crippen LogP contribution in [-0.2, 0) is 23.2 Å². The molecule has 0 aromatic heterocycles. The van der Waals surface area contributed by atoms with Crippen molar-refractivity contribution in [3.8, 4) is 0 Å². The van der Waals surface area contributed by atoms with E-state index in [2.05, 4.69) is 0 Å². The van der Waals surface area contributed by atoms with Crippen LogP contribution >= 0.6 is 0 Å². The molecule has 0 spiro atoms. The van der Waals surface area contributed by atoms with Crippen LogP contribution in [0.25, 0.3) is 0 Å². The summed E-state index contributed by atoms with van der Waals surface area (Å²) in [5.41, 5.74) is -2.47. The van der Waals surface area contributed by atoms with Crippen LogP contribution < -0.4 is 0 Å². The van der Waals surface area contributed by atoms with Gasteiger partial charge in [0.05, 0.1) is 11.1 Å². The molecule has 0 amide bonds. The van der Waals surface area contributed by atoms with Crippen LogP contribution in [-0.4, -0.2) is 14.9 Å². The fraction of sp³-hybridized carbons (Fsp3) is 0.600. The summed E-state index contributed by atoms with van der Waals surface area (Å²) in [5, 5.41) is 0. The van der Waals surface area contributed by atoms with Gasteiger partial charge >= 0.3 is 12.4 Å². The molecule has 0 aliphatic heterocycles. The summed E-state index contributed by atoms with van der Waals surface area (Å²) in [4.78, 5) is 0. The molecule has 1 aromatic rings. The predicted octanol–water partition coefficient (Wildman–Crippen LogP) is 5.90. The molecule has 0 atom stereocenters. The van der Waals surface area contributed by atoms with E-state index in [9.17, 15) is 26.3 Å². The maximum atomic E-state index is 12.8. The second kappa shape index (κ2) is 7.25. The molecular weight excluding hydrogens is 338 g/mol. The van der Waals surface area contributed by atoms with Gasteiger partial charge in [-0.25, -0.2) is 0 Å². The third-order valence-electron chi connectivity index (χ3n) is 3.43. The first-order valence-electron chi connectivity index (χ1n) is 7.27. The largest absolute Gasteiger partial charge is 0.418 e. The zero-order valence-corrected chi connectivity index (χ0v) is 14.2. The Balaban J connectivity index is 2.94. The molecule has 1 nitrogen and oxygen atoms in total. The van der Waals surface area contributed by atoms with Crippen molar-refractivity contribution in [2.75, 3.05) is 6.61 Å². The van der Waals surface area contributed by atoms with Gasteiger partial charge in [-0.15, -0.1) is 0 Å². The van der Waals surface area contributed by atoms with E-state index in [1.807, 2.05) is 20.0 Å². The average Bonchev–Trinajstić information content (AvgIpc) is 2.36. The van der Waals surface area contributed by atoms with E-state index < -0.39 is 31.8 Å². The maximum absolute atomic E-state index is 12.8. The Labute approximate surface area is 132 Å². The highest BCUT2D eigenvalue weighted by Gasteiger charge is 2.36. The van der Waals surface area contributed by atoms with Crippen LogP contribution in [0.3, 0.4) is 0 Å². The van der Waals surface area contributed by atoms with Gasteiger partial charge in [-0.1, -0.05) is 0 Å². The first kappa shape index (κ1) is 20.0. The molecule has 0 fully saturated rings. The topological polar surface area (TPSA) is 9.23 Å². The van der Waals surface area contributed by atoms with Crippen molar-refractivity contribution in [3.05, 3.63) is 34.9 Å². The van der Waals surface area contributed by atoms with Gasteiger partial charge in [-0.05, 0) is 62.7 Å². The third kappa shape index (κ3) is 6.54. The van der Waals surface area contributed by atoms with Gasteiger partial charge in [0.1, 0.15) is 0 Å². The summed E-state index contributed by atoms with van der Waals surface area (Å²) in [7, 11) is -1.90. The molecular formula is C15H20F6OSi. The van der Waals surface area contributed by atoms with Crippen molar-refractivity contribution >= 4 is 8.32 Å². The van der Waals surface area contributed by atoms with Crippen LogP contribution in [0.1, 0.15) is 30.0 Å². The molecule has 1 rings (SSSR count). The molecule has 0 N–H and O–H groups in total. The van der Waals surface area contributed by atoms with Crippen molar-refractivity contribution in [2.45, 2.75) is 51.3 Å². The molecule has 0 aliphatic carbocycles. The minimum atomic E-state index is -4.80. The number of hydrogen-bond acceptors (Lipinski definition) is 1. The summed E-state index contributed by atoms with van der Waals surface area (Å²) in [6.07, 6.45) is -8.93. The summed E-state index contributed by atoms with van der Waals surface area (Å²) in [6, 6.07) is 2.43. The molecule has 1 aromatic carbocycles. The number of halogens is 6. The van der Waals surface area contributed by atoms with Gasteiger partial charge in [0.15, 0.2) is 8.32 Å². The van der Waals surface area contributed by atoms with E-state index in [-0.39, 0.29) is 18.1 Å². The average molecular weight is 358 g/mol. The van der Waals surface area contributed by atoms with Gasteiger partial charge in [-0.2, -0.15) is 26.3 Å². The Morgan fingerprint density at radius 3 is 1.78 bits per heavy atom. The Bertz CT molecular complexity index is 489. The smallest absolute Gasteiger partial charge is 0.416 e. The van der Waals surface area contributed by atoms with Crippen LogP contribution in [0.4, 0.5) is 26.3 Å². The molecule has 0 aliphatic rings. The highest BCUT2D eigenvalue weighted by molar-refractivity contribution is 6.71. The Kier molecular flexibility index (Phi) is 6.31. The lowest BCUT2D eigenvalue weighted by atomic mass is 10.0. The molecule has 0 unspecified atom stereocenters. The zero-order valence-electron chi connectivity index (χ0n) is 13.2. The lowest BCUT2D eigenvalue weighted by Gasteiger charge is -2.22. The van der Waals surface area contributed by atoms with Crippen molar-refractivity contribution in [2.24, 2.45) is 0 Å².